The highest BCUT2D eigenvalue weighted by molar-refractivity contribution is 5.47. The second kappa shape index (κ2) is 6.48. The fourth-order valence-electron chi connectivity index (χ4n) is 3.01. The van der Waals surface area contributed by atoms with Gasteiger partial charge in [-0.2, -0.15) is 0 Å². The Hall–Kier alpha value is -1.88. The molecule has 0 fully saturated rings. The third kappa shape index (κ3) is 2.86. The maximum absolute atomic E-state index is 10.2. The van der Waals surface area contributed by atoms with E-state index < -0.39 is 6.10 Å². The zero-order chi connectivity index (χ0) is 15.5. The lowest BCUT2D eigenvalue weighted by Gasteiger charge is -2.29. The summed E-state index contributed by atoms with van der Waals surface area (Å²) in [5.74, 6) is 0.674. The average Bonchev–Trinajstić information content (AvgIpc) is 2.56. The van der Waals surface area contributed by atoms with Gasteiger partial charge in [-0.3, -0.25) is 0 Å². The standard InChI is InChI=1S/C18H21NO3/c19-16-8-6-13-14(18(16)21)7-9-17(15(13)10-20)22-11-12-4-2-1-3-5-12/h1-5,7,9,16,18,20-21H,6,8,10-11,19H2. The molecule has 116 valence electrons. The summed E-state index contributed by atoms with van der Waals surface area (Å²) < 4.78 is 5.87. The lowest BCUT2D eigenvalue weighted by Crippen LogP contribution is -2.33. The van der Waals surface area contributed by atoms with Crippen molar-refractivity contribution in [1.82, 2.24) is 0 Å². The predicted octanol–water partition coefficient (Wildman–Crippen LogP) is 2.06. The molecule has 4 nitrogen and oxygen atoms in total. The number of benzene rings is 2. The fraction of sp³-hybridized carbons (Fsp3) is 0.333. The van der Waals surface area contributed by atoms with Gasteiger partial charge in [0.25, 0.3) is 0 Å². The number of rotatable bonds is 4. The van der Waals surface area contributed by atoms with Crippen molar-refractivity contribution >= 4 is 0 Å². The zero-order valence-electron chi connectivity index (χ0n) is 12.4. The fourth-order valence-corrected chi connectivity index (χ4v) is 3.01. The highest BCUT2D eigenvalue weighted by Gasteiger charge is 2.28. The Balaban J connectivity index is 1.86. The van der Waals surface area contributed by atoms with Gasteiger partial charge in [0, 0.05) is 11.6 Å². The summed E-state index contributed by atoms with van der Waals surface area (Å²) in [5, 5.41) is 19.9. The van der Waals surface area contributed by atoms with Crippen LogP contribution in [-0.4, -0.2) is 16.3 Å². The van der Waals surface area contributed by atoms with E-state index in [0.717, 1.165) is 28.7 Å². The molecule has 1 aliphatic carbocycles. The third-order valence-electron chi connectivity index (χ3n) is 4.27. The molecule has 1 aliphatic rings. The smallest absolute Gasteiger partial charge is 0.125 e. The maximum Gasteiger partial charge on any atom is 0.125 e. The van der Waals surface area contributed by atoms with Gasteiger partial charge in [-0.15, -0.1) is 0 Å². The largest absolute Gasteiger partial charge is 0.489 e. The highest BCUT2D eigenvalue weighted by atomic mass is 16.5. The Kier molecular flexibility index (Phi) is 4.43. The molecule has 0 aliphatic heterocycles. The Morgan fingerprint density at radius 1 is 1.14 bits per heavy atom. The molecule has 0 aromatic heterocycles. The van der Waals surface area contributed by atoms with Crippen LogP contribution in [0.5, 0.6) is 5.75 Å². The summed E-state index contributed by atoms with van der Waals surface area (Å²) >= 11 is 0. The van der Waals surface area contributed by atoms with Gasteiger partial charge < -0.3 is 20.7 Å². The van der Waals surface area contributed by atoms with Crippen LogP contribution >= 0.6 is 0 Å². The van der Waals surface area contributed by atoms with E-state index in [1.807, 2.05) is 42.5 Å². The first kappa shape index (κ1) is 15.0. The minimum absolute atomic E-state index is 0.102. The van der Waals surface area contributed by atoms with Crippen LogP contribution in [0.1, 0.15) is 34.8 Å². The Labute approximate surface area is 130 Å². The topological polar surface area (TPSA) is 75.7 Å². The summed E-state index contributed by atoms with van der Waals surface area (Å²) in [6, 6.07) is 13.3. The summed E-state index contributed by atoms with van der Waals surface area (Å²) in [6.07, 6.45) is 0.798. The molecule has 2 unspecified atom stereocenters. The molecule has 0 amide bonds. The molecule has 0 saturated carbocycles. The van der Waals surface area contributed by atoms with Gasteiger partial charge >= 0.3 is 0 Å². The molecule has 0 saturated heterocycles. The summed E-state index contributed by atoms with van der Waals surface area (Å²) in [6.45, 7) is 0.351. The maximum atomic E-state index is 10.2. The second-order valence-electron chi connectivity index (χ2n) is 5.69. The van der Waals surface area contributed by atoms with Crippen LogP contribution in [0.4, 0.5) is 0 Å². The van der Waals surface area contributed by atoms with Crippen molar-refractivity contribution in [3.8, 4) is 5.75 Å². The van der Waals surface area contributed by atoms with Gasteiger partial charge in [-0.25, -0.2) is 0 Å². The molecule has 2 aromatic carbocycles. The molecule has 4 N–H and O–H groups in total. The molecule has 4 heteroatoms. The number of hydrogen-bond donors (Lipinski definition) is 3. The van der Waals surface area contributed by atoms with Crippen molar-refractivity contribution in [2.75, 3.05) is 0 Å². The van der Waals surface area contributed by atoms with Gasteiger partial charge in [-0.1, -0.05) is 36.4 Å². The van der Waals surface area contributed by atoms with E-state index in [2.05, 4.69) is 0 Å². The number of nitrogens with two attached hydrogens (primary N) is 1. The molecule has 2 atom stereocenters. The van der Waals surface area contributed by atoms with Crippen molar-refractivity contribution in [2.45, 2.75) is 38.2 Å². The van der Waals surface area contributed by atoms with Crippen LogP contribution in [-0.2, 0) is 19.6 Å². The number of hydrogen-bond acceptors (Lipinski definition) is 4. The van der Waals surface area contributed by atoms with Crippen molar-refractivity contribution in [3.05, 3.63) is 64.7 Å². The Bertz CT molecular complexity index is 642. The lowest BCUT2D eigenvalue weighted by molar-refractivity contribution is 0.132. The van der Waals surface area contributed by atoms with Gasteiger partial charge in [0.1, 0.15) is 12.4 Å². The first-order chi connectivity index (χ1) is 10.7. The van der Waals surface area contributed by atoms with E-state index in [1.165, 1.54) is 0 Å². The Morgan fingerprint density at radius 3 is 2.64 bits per heavy atom. The molecule has 3 rings (SSSR count). The highest BCUT2D eigenvalue weighted by Crippen LogP contribution is 2.35. The van der Waals surface area contributed by atoms with Crippen LogP contribution in [0, 0.1) is 0 Å². The van der Waals surface area contributed by atoms with E-state index in [1.54, 1.807) is 0 Å². The predicted molar refractivity (Wildman–Crippen MR) is 84.4 cm³/mol. The van der Waals surface area contributed by atoms with Crippen LogP contribution in [0.15, 0.2) is 42.5 Å². The minimum Gasteiger partial charge on any atom is -0.489 e. The van der Waals surface area contributed by atoms with Crippen molar-refractivity contribution in [3.63, 3.8) is 0 Å². The van der Waals surface area contributed by atoms with E-state index in [9.17, 15) is 10.2 Å². The van der Waals surface area contributed by atoms with Gasteiger partial charge in [-0.05, 0) is 35.6 Å². The molecule has 2 aromatic rings. The SMILES string of the molecule is NC1CCc2c(ccc(OCc3ccccc3)c2CO)C1O. The van der Waals surface area contributed by atoms with Gasteiger partial charge in [0.05, 0.1) is 12.7 Å². The third-order valence-corrected chi connectivity index (χ3v) is 4.27. The van der Waals surface area contributed by atoms with Crippen LogP contribution < -0.4 is 10.5 Å². The van der Waals surface area contributed by atoms with E-state index in [4.69, 9.17) is 10.5 Å². The zero-order valence-corrected chi connectivity index (χ0v) is 12.4. The molecule has 0 bridgehead atoms. The van der Waals surface area contributed by atoms with Gasteiger partial charge in [0.2, 0.25) is 0 Å². The van der Waals surface area contributed by atoms with Crippen molar-refractivity contribution in [2.24, 2.45) is 5.73 Å². The summed E-state index contributed by atoms with van der Waals surface area (Å²) in [5.41, 5.74) is 9.54. The average molecular weight is 299 g/mol. The van der Waals surface area contributed by atoms with Crippen molar-refractivity contribution < 1.29 is 14.9 Å². The molecule has 0 radical (unpaired) electrons. The number of fused-ring (bicyclic) bond motifs is 1. The number of aliphatic hydroxyl groups is 2. The normalized spacial score (nSPS) is 20.5. The van der Waals surface area contributed by atoms with E-state index in [-0.39, 0.29) is 12.6 Å². The molecule has 0 heterocycles. The first-order valence-corrected chi connectivity index (χ1v) is 7.56. The van der Waals surface area contributed by atoms with Gasteiger partial charge in [0.15, 0.2) is 0 Å². The van der Waals surface area contributed by atoms with Crippen molar-refractivity contribution in [1.29, 1.82) is 0 Å². The van der Waals surface area contributed by atoms with E-state index >= 15 is 0 Å². The molecule has 22 heavy (non-hydrogen) atoms. The minimum atomic E-state index is -0.669. The van der Waals surface area contributed by atoms with E-state index in [0.29, 0.717) is 18.8 Å². The van der Waals surface area contributed by atoms with Crippen LogP contribution in [0.3, 0.4) is 0 Å². The molecular weight excluding hydrogens is 278 g/mol. The monoisotopic (exact) mass is 299 g/mol. The summed E-state index contributed by atoms with van der Waals surface area (Å²) in [7, 11) is 0. The first-order valence-electron chi connectivity index (χ1n) is 7.56. The quantitative estimate of drug-likeness (QED) is 0.808. The number of aliphatic hydroxyl groups excluding tert-OH is 2. The molecule has 0 spiro atoms. The number of ether oxygens (including phenoxy) is 1. The molecular formula is C18H21NO3. The Morgan fingerprint density at radius 2 is 1.91 bits per heavy atom. The second-order valence-corrected chi connectivity index (χ2v) is 5.69. The summed E-state index contributed by atoms with van der Waals surface area (Å²) in [4.78, 5) is 0. The lowest BCUT2D eigenvalue weighted by atomic mass is 9.83. The van der Waals surface area contributed by atoms with Crippen LogP contribution in [0.2, 0.25) is 0 Å². The van der Waals surface area contributed by atoms with Crippen LogP contribution in [0.25, 0.3) is 0 Å².